The molecule has 5 nitrogen and oxygen atoms in total. The molecule has 0 radical (unpaired) electrons. The van der Waals surface area contributed by atoms with E-state index in [0.29, 0.717) is 11.6 Å². The van der Waals surface area contributed by atoms with E-state index in [9.17, 15) is 14.7 Å². The molecule has 1 aromatic rings. The van der Waals surface area contributed by atoms with Crippen molar-refractivity contribution in [3.05, 3.63) is 40.4 Å². The second-order valence-corrected chi connectivity index (χ2v) is 6.29. The van der Waals surface area contributed by atoms with Crippen molar-refractivity contribution in [2.45, 2.75) is 45.1 Å². The van der Waals surface area contributed by atoms with E-state index in [0.717, 1.165) is 19.3 Å². The van der Waals surface area contributed by atoms with E-state index in [-0.39, 0.29) is 17.2 Å². The highest BCUT2D eigenvalue weighted by Gasteiger charge is 2.21. The fraction of sp³-hybridized carbons (Fsp3) is 0.444. The smallest absolute Gasteiger partial charge is 0.342 e. The number of aromatic hydroxyl groups is 1. The first-order valence-electron chi connectivity index (χ1n) is 8.12. The maximum Gasteiger partial charge on any atom is 0.342 e. The highest BCUT2D eigenvalue weighted by molar-refractivity contribution is 6.31. The first-order valence-corrected chi connectivity index (χ1v) is 8.50. The molecule has 0 aliphatic heterocycles. The molecule has 1 amide bonds. The number of esters is 1. The zero-order valence-corrected chi connectivity index (χ0v) is 14.4. The molecule has 2 rings (SSSR count). The Bertz CT molecular complexity index is 642. The molecule has 6 heteroatoms. The average molecular weight is 352 g/mol. The molecule has 1 atom stereocenters. The van der Waals surface area contributed by atoms with Gasteiger partial charge in [0.25, 0.3) is 5.91 Å². The molecule has 1 aromatic carbocycles. The Morgan fingerprint density at radius 1 is 1.38 bits per heavy atom. The zero-order chi connectivity index (χ0) is 17.5. The number of amides is 1. The van der Waals surface area contributed by atoms with Gasteiger partial charge < -0.3 is 15.2 Å². The number of phenols is 1. The third kappa shape index (κ3) is 5.27. The molecule has 0 bridgehead atoms. The number of nitrogens with one attached hydrogen (secondary N) is 1. The van der Waals surface area contributed by atoms with Crippen LogP contribution in [-0.4, -0.2) is 29.6 Å². The van der Waals surface area contributed by atoms with Gasteiger partial charge in [-0.25, -0.2) is 4.79 Å². The van der Waals surface area contributed by atoms with Crippen molar-refractivity contribution in [2.75, 3.05) is 6.54 Å². The molecular weight excluding hydrogens is 330 g/mol. The number of rotatable bonds is 6. The molecule has 130 valence electrons. The normalized spacial score (nSPS) is 15.3. The first-order chi connectivity index (χ1) is 11.5. The van der Waals surface area contributed by atoms with Crippen molar-refractivity contribution < 1.29 is 19.4 Å². The molecule has 0 unspecified atom stereocenters. The van der Waals surface area contributed by atoms with Gasteiger partial charge in [0.15, 0.2) is 6.10 Å². The lowest BCUT2D eigenvalue weighted by molar-refractivity contribution is -0.129. The Labute approximate surface area is 146 Å². The maximum absolute atomic E-state index is 12.0. The highest BCUT2D eigenvalue weighted by Crippen LogP contribution is 2.23. The summed E-state index contributed by atoms with van der Waals surface area (Å²) >= 11 is 5.80. The standard InChI is InChI=1S/C18H22ClNO4/c1-12(17(22)20-10-9-13-5-3-2-4-6-13)24-18(23)15-11-14(19)7-8-16(15)21/h5,7-8,11-12,21H,2-4,6,9-10H2,1H3,(H,20,22)/t12-/m0/s1. The summed E-state index contributed by atoms with van der Waals surface area (Å²) in [5.74, 6) is -1.38. The molecule has 0 fully saturated rings. The van der Waals surface area contributed by atoms with Crippen molar-refractivity contribution >= 4 is 23.5 Å². The van der Waals surface area contributed by atoms with Gasteiger partial charge >= 0.3 is 5.97 Å². The minimum atomic E-state index is -0.948. The third-order valence-electron chi connectivity index (χ3n) is 3.96. The van der Waals surface area contributed by atoms with Crippen LogP contribution >= 0.6 is 11.6 Å². The van der Waals surface area contributed by atoms with Crippen LogP contribution < -0.4 is 5.32 Å². The molecule has 0 heterocycles. The number of ether oxygens (including phenoxy) is 1. The van der Waals surface area contributed by atoms with Crippen LogP contribution in [0.2, 0.25) is 5.02 Å². The topological polar surface area (TPSA) is 75.6 Å². The number of benzene rings is 1. The van der Waals surface area contributed by atoms with Crippen LogP contribution in [0.25, 0.3) is 0 Å². The van der Waals surface area contributed by atoms with Crippen LogP contribution in [0.1, 0.15) is 49.4 Å². The minimum absolute atomic E-state index is 0.0606. The van der Waals surface area contributed by atoms with E-state index in [2.05, 4.69) is 11.4 Å². The SMILES string of the molecule is C[C@H](OC(=O)c1cc(Cl)ccc1O)C(=O)NCCC1=CCCCC1. The van der Waals surface area contributed by atoms with Crippen LogP contribution in [0.3, 0.4) is 0 Å². The Morgan fingerprint density at radius 3 is 2.88 bits per heavy atom. The summed E-state index contributed by atoms with van der Waals surface area (Å²) in [5, 5.41) is 12.7. The molecular formula is C18H22ClNO4. The van der Waals surface area contributed by atoms with Gasteiger partial charge in [0.2, 0.25) is 0 Å². The van der Waals surface area contributed by atoms with Gasteiger partial charge in [-0.2, -0.15) is 0 Å². The molecule has 2 N–H and O–H groups in total. The number of hydrogen-bond donors (Lipinski definition) is 2. The molecule has 1 aliphatic carbocycles. The summed E-state index contributed by atoms with van der Waals surface area (Å²) in [6, 6.07) is 4.07. The van der Waals surface area contributed by atoms with Crippen molar-refractivity contribution in [3.63, 3.8) is 0 Å². The molecule has 0 saturated heterocycles. The number of hydrogen-bond acceptors (Lipinski definition) is 4. The molecule has 0 aromatic heterocycles. The third-order valence-corrected chi connectivity index (χ3v) is 4.20. The van der Waals surface area contributed by atoms with Crippen LogP contribution in [0.5, 0.6) is 5.75 Å². The van der Waals surface area contributed by atoms with Gasteiger partial charge in [-0.15, -0.1) is 0 Å². The van der Waals surface area contributed by atoms with Crippen LogP contribution in [-0.2, 0) is 9.53 Å². The van der Waals surface area contributed by atoms with Crippen LogP contribution in [0.15, 0.2) is 29.8 Å². The van der Waals surface area contributed by atoms with Gasteiger partial charge in [0.05, 0.1) is 0 Å². The van der Waals surface area contributed by atoms with Gasteiger partial charge in [0.1, 0.15) is 11.3 Å². The van der Waals surface area contributed by atoms with Crippen molar-refractivity contribution in [1.29, 1.82) is 0 Å². The summed E-state index contributed by atoms with van der Waals surface area (Å²) in [6.07, 6.45) is 6.75. The minimum Gasteiger partial charge on any atom is -0.507 e. The Hall–Kier alpha value is -2.01. The van der Waals surface area contributed by atoms with Gasteiger partial charge in [-0.3, -0.25) is 4.79 Å². The molecule has 1 aliphatic rings. The lowest BCUT2D eigenvalue weighted by atomic mass is 9.97. The Kier molecular flexibility index (Phi) is 6.67. The molecule has 24 heavy (non-hydrogen) atoms. The highest BCUT2D eigenvalue weighted by atomic mass is 35.5. The first kappa shape index (κ1) is 18.3. The van der Waals surface area contributed by atoms with E-state index >= 15 is 0 Å². The number of halogens is 1. The molecule has 0 saturated carbocycles. The van der Waals surface area contributed by atoms with E-state index < -0.39 is 12.1 Å². The van der Waals surface area contributed by atoms with E-state index in [4.69, 9.17) is 16.3 Å². The van der Waals surface area contributed by atoms with Crippen LogP contribution in [0.4, 0.5) is 0 Å². The Balaban J connectivity index is 1.81. The predicted molar refractivity (Wildman–Crippen MR) is 92.2 cm³/mol. The van der Waals surface area contributed by atoms with E-state index in [1.165, 1.54) is 43.5 Å². The number of allylic oxidation sites excluding steroid dienone is 1. The maximum atomic E-state index is 12.0. The number of carbonyl (C=O) groups is 2. The summed E-state index contributed by atoms with van der Waals surface area (Å²) in [6.45, 7) is 2.02. The van der Waals surface area contributed by atoms with Gasteiger partial charge in [-0.05, 0) is 57.2 Å². The fourth-order valence-electron chi connectivity index (χ4n) is 2.57. The lowest BCUT2D eigenvalue weighted by Gasteiger charge is -2.16. The average Bonchev–Trinajstić information content (AvgIpc) is 2.57. The van der Waals surface area contributed by atoms with Crippen molar-refractivity contribution in [2.24, 2.45) is 0 Å². The van der Waals surface area contributed by atoms with E-state index in [1.54, 1.807) is 0 Å². The Morgan fingerprint density at radius 2 is 2.17 bits per heavy atom. The summed E-state index contributed by atoms with van der Waals surface area (Å²) in [7, 11) is 0. The van der Waals surface area contributed by atoms with Crippen molar-refractivity contribution in [3.8, 4) is 5.75 Å². The zero-order valence-electron chi connectivity index (χ0n) is 13.7. The number of carbonyl (C=O) groups excluding carboxylic acids is 2. The summed E-state index contributed by atoms with van der Waals surface area (Å²) < 4.78 is 5.09. The second-order valence-electron chi connectivity index (χ2n) is 5.86. The van der Waals surface area contributed by atoms with Gasteiger partial charge in [-0.1, -0.05) is 23.3 Å². The summed E-state index contributed by atoms with van der Waals surface area (Å²) in [5.41, 5.74) is 1.31. The van der Waals surface area contributed by atoms with E-state index in [1.807, 2.05) is 0 Å². The molecule has 0 spiro atoms. The second kappa shape index (κ2) is 8.73. The number of phenolic OH excluding ortho intramolecular Hbond substituents is 1. The van der Waals surface area contributed by atoms with Gasteiger partial charge in [0, 0.05) is 11.6 Å². The monoisotopic (exact) mass is 351 g/mol. The lowest BCUT2D eigenvalue weighted by Crippen LogP contribution is -2.36. The quantitative estimate of drug-likeness (QED) is 0.606. The predicted octanol–water partition coefficient (Wildman–Crippen LogP) is 3.60. The fourth-order valence-corrected chi connectivity index (χ4v) is 2.74. The van der Waals surface area contributed by atoms with Crippen molar-refractivity contribution in [1.82, 2.24) is 5.32 Å². The van der Waals surface area contributed by atoms with Crippen LogP contribution in [0, 0.1) is 0 Å². The largest absolute Gasteiger partial charge is 0.507 e. The summed E-state index contributed by atoms with van der Waals surface area (Å²) in [4.78, 5) is 24.0.